The van der Waals surface area contributed by atoms with Crippen LogP contribution in [0.4, 0.5) is 17.1 Å². The molecule has 5 nitrogen and oxygen atoms in total. The smallest absolute Gasteiger partial charge is 0.145 e. The number of para-hydroxylation sites is 6. The van der Waals surface area contributed by atoms with Gasteiger partial charge in [-0.3, -0.25) is 4.40 Å². The number of anilines is 3. The second-order valence-electron chi connectivity index (χ2n) is 15.6. The highest BCUT2D eigenvalue weighted by Crippen LogP contribution is 2.42. The number of imidazole rings is 1. The van der Waals surface area contributed by atoms with Gasteiger partial charge >= 0.3 is 0 Å². The number of benzene rings is 9. The summed E-state index contributed by atoms with van der Waals surface area (Å²) in [6.07, 6.45) is 0. The minimum Gasteiger partial charge on any atom is -0.311 e. The molecule has 0 N–H and O–H groups in total. The number of hydrogen-bond donors (Lipinski definition) is 0. The Labute approximate surface area is 344 Å². The quantitative estimate of drug-likeness (QED) is 0.175. The van der Waals surface area contributed by atoms with Gasteiger partial charge in [-0.15, -0.1) is 0 Å². The van der Waals surface area contributed by atoms with Gasteiger partial charge < -0.3 is 13.9 Å². The van der Waals surface area contributed by atoms with E-state index in [2.05, 4.69) is 231 Å². The molecule has 0 amide bonds. The molecule has 0 aliphatic heterocycles. The van der Waals surface area contributed by atoms with Gasteiger partial charge in [0, 0.05) is 60.6 Å². The van der Waals surface area contributed by atoms with Crippen LogP contribution in [0.15, 0.2) is 212 Å². The number of aromatic nitrogens is 4. The maximum absolute atomic E-state index is 5.43. The van der Waals surface area contributed by atoms with Gasteiger partial charge in [-0.05, 0) is 78.9 Å². The summed E-state index contributed by atoms with van der Waals surface area (Å²) < 4.78 is 7.37. The molecule has 13 aromatic rings. The Hall–Kier alpha value is -8.15. The standard InChI is InChI=1S/C55H35N5/c1-4-16-36(17-5-1)55-56-47-27-15-26-45-44-25-14-24-43-41-22-10-13-29-49(41)59(53(43)44)51-34-46-42-23-11-12-28-48(42)58(50(46)35-52(51)60(55)54(45)47)40-32-30-39(31-33-40)57(37-18-6-2-7-19-37)38-20-8-3-9-21-38/h1-35H. The molecule has 280 valence electrons. The molecule has 0 saturated heterocycles. The lowest BCUT2D eigenvalue weighted by atomic mass is 10.1. The number of rotatable bonds is 5. The van der Waals surface area contributed by atoms with Crippen LogP contribution in [-0.4, -0.2) is 18.4 Å². The Bertz CT molecular complexity index is 3760. The van der Waals surface area contributed by atoms with E-state index in [1.807, 2.05) is 0 Å². The molecule has 0 aliphatic rings. The van der Waals surface area contributed by atoms with E-state index >= 15 is 0 Å². The highest BCUT2D eigenvalue weighted by Gasteiger charge is 2.22. The summed E-state index contributed by atoms with van der Waals surface area (Å²) in [4.78, 5) is 7.74. The summed E-state index contributed by atoms with van der Waals surface area (Å²) in [5.74, 6) is 0.916. The van der Waals surface area contributed by atoms with E-state index in [4.69, 9.17) is 4.98 Å². The monoisotopic (exact) mass is 765 g/mol. The largest absolute Gasteiger partial charge is 0.311 e. The molecule has 60 heavy (non-hydrogen) atoms. The molecule has 0 bridgehead atoms. The number of nitrogens with zero attached hydrogens (tertiary/aromatic N) is 5. The van der Waals surface area contributed by atoms with Crippen LogP contribution in [0, 0.1) is 0 Å². The fraction of sp³-hybridized carbons (Fsp3) is 0. The predicted molar refractivity (Wildman–Crippen MR) is 251 cm³/mol. The van der Waals surface area contributed by atoms with E-state index in [1.165, 1.54) is 43.4 Å². The Morgan fingerprint density at radius 3 is 1.55 bits per heavy atom. The van der Waals surface area contributed by atoms with Crippen LogP contribution >= 0.6 is 0 Å². The molecular formula is C55H35N5. The SMILES string of the molecule is c1ccc(-c2nc3cccc4c5cccc6c7ccccc7n(c7cc8c9ccccc9n(-c9ccc(N(c%10ccccc%10)c%10ccccc%10)cc9)c8cc7n2c34)c56)cc1. The molecule has 0 atom stereocenters. The molecule has 9 aromatic carbocycles. The minimum atomic E-state index is 0.916. The fourth-order valence-corrected chi connectivity index (χ4v) is 9.83. The molecule has 0 unspecified atom stereocenters. The van der Waals surface area contributed by atoms with Gasteiger partial charge in [0.15, 0.2) is 0 Å². The van der Waals surface area contributed by atoms with Gasteiger partial charge in [0.05, 0.1) is 44.1 Å². The summed E-state index contributed by atoms with van der Waals surface area (Å²) in [5.41, 5.74) is 14.4. The maximum atomic E-state index is 5.43. The molecule has 0 saturated carbocycles. The van der Waals surface area contributed by atoms with E-state index in [0.717, 1.165) is 67.2 Å². The van der Waals surface area contributed by atoms with Gasteiger partial charge in [-0.25, -0.2) is 4.98 Å². The van der Waals surface area contributed by atoms with Crippen LogP contribution < -0.4 is 4.90 Å². The van der Waals surface area contributed by atoms with Crippen molar-refractivity contribution in [2.24, 2.45) is 0 Å². The van der Waals surface area contributed by atoms with Crippen molar-refractivity contribution in [1.82, 2.24) is 18.4 Å². The first kappa shape index (κ1) is 32.9. The van der Waals surface area contributed by atoms with Crippen molar-refractivity contribution in [3.05, 3.63) is 212 Å². The van der Waals surface area contributed by atoms with Gasteiger partial charge in [0.25, 0.3) is 0 Å². The number of hydrogen-bond acceptors (Lipinski definition) is 2. The Morgan fingerprint density at radius 2 is 0.850 bits per heavy atom. The first-order chi connectivity index (χ1) is 29.8. The molecule has 0 spiro atoms. The average molecular weight is 766 g/mol. The van der Waals surface area contributed by atoms with Crippen LogP contribution in [0.1, 0.15) is 0 Å². The van der Waals surface area contributed by atoms with Crippen molar-refractivity contribution >= 4 is 93.5 Å². The second-order valence-corrected chi connectivity index (χ2v) is 15.6. The fourth-order valence-electron chi connectivity index (χ4n) is 9.83. The van der Waals surface area contributed by atoms with E-state index in [1.54, 1.807) is 0 Å². The van der Waals surface area contributed by atoms with Crippen LogP contribution in [0.5, 0.6) is 0 Å². The lowest BCUT2D eigenvalue weighted by Gasteiger charge is -2.25. The molecule has 5 heteroatoms. The Morgan fingerprint density at radius 1 is 0.333 bits per heavy atom. The zero-order valence-corrected chi connectivity index (χ0v) is 32.4. The van der Waals surface area contributed by atoms with E-state index < -0.39 is 0 Å². The second kappa shape index (κ2) is 12.7. The minimum absolute atomic E-state index is 0.916. The Kier molecular flexibility index (Phi) is 6.95. The highest BCUT2D eigenvalue weighted by molar-refractivity contribution is 6.23. The van der Waals surface area contributed by atoms with Gasteiger partial charge in [-0.1, -0.05) is 133 Å². The zero-order valence-electron chi connectivity index (χ0n) is 32.4. The third kappa shape index (κ3) is 4.66. The normalized spacial score (nSPS) is 12.0. The molecule has 4 heterocycles. The third-order valence-corrected chi connectivity index (χ3v) is 12.3. The summed E-state index contributed by atoms with van der Waals surface area (Å²) in [6, 6.07) is 76.6. The van der Waals surface area contributed by atoms with Crippen molar-refractivity contribution < 1.29 is 0 Å². The summed E-state index contributed by atoms with van der Waals surface area (Å²) >= 11 is 0. The molecule has 0 radical (unpaired) electrons. The molecular weight excluding hydrogens is 731 g/mol. The lowest BCUT2D eigenvalue weighted by molar-refractivity contribution is 1.17. The molecule has 13 rings (SSSR count). The summed E-state index contributed by atoms with van der Waals surface area (Å²) in [7, 11) is 0. The van der Waals surface area contributed by atoms with E-state index in [9.17, 15) is 0 Å². The molecule has 0 fully saturated rings. The van der Waals surface area contributed by atoms with Crippen LogP contribution in [-0.2, 0) is 0 Å². The average Bonchev–Trinajstić information content (AvgIpc) is 3.97. The summed E-state index contributed by atoms with van der Waals surface area (Å²) in [6.45, 7) is 0. The first-order valence-corrected chi connectivity index (χ1v) is 20.5. The van der Waals surface area contributed by atoms with Crippen molar-refractivity contribution in [3.8, 4) is 17.1 Å². The molecule has 4 aromatic heterocycles. The topological polar surface area (TPSA) is 29.9 Å². The number of fused-ring (bicyclic) bond motifs is 10. The van der Waals surface area contributed by atoms with Gasteiger partial charge in [0.1, 0.15) is 5.82 Å². The first-order valence-electron chi connectivity index (χ1n) is 20.5. The van der Waals surface area contributed by atoms with Crippen LogP contribution in [0.25, 0.3) is 93.5 Å². The van der Waals surface area contributed by atoms with E-state index in [-0.39, 0.29) is 0 Å². The third-order valence-electron chi connectivity index (χ3n) is 12.3. The summed E-state index contributed by atoms with van der Waals surface area (Å²) in [5, 5.41) is 7.24. The van der Waals surface area contributed by atoms with Crippen molar-refractivity contribution in [2.45, 2.75) is 0 Å². The lowest BCUT2D eigenvalue weighted by Crippen LogP contribution is -2.09. The van der Waals surface area contributed by atoms with Crippen molar-refractivity contribution in [1.29, 1.82) is 0 Å². The Balaban J connectivity index is 1.18. The highest BCUT2D eigenvalue weighted by atomic mass is 15.1. The van der Waals surface area contributed by atoms with Gasteiger partial charge in [-0.2, -0.15) is 0 Å². The van der Waals surface area contributed by atoms with Crippen LogP contribution in [0.3, 0.4) is 0 Å². The van der Waals surface area contributed by atoms with Crippen LogP contribution in [0.2, 0.25) is 0 Å². The maximum Gasteiger partial charge on any atom is 0.145 e. The zero-order chi connectivity index (χ0) is 39.3. The van der Waals surface area contributed by atoms with E-state index in [0.29, 0.717) is 0 Å². The predicted octanol–water partition coefficient (Wildman–Crippen LogP) is 14.4. The molecule has 0 aliphatic carbocycles. The van der Waals surface area contributed by atoms with Crippen molar-refractivity contribution in [3.63, 3.8) is 0 Å². The van der Waals surface area contributed by atoms with Gasteiger partial charge in [0.2, 0.25) is 0 Å². The van der Waals surface area contributed by atoms with Crippen molar-refractivity contribution in [2.75, 3.05) is 4.90 Å².